The predicted octanol–water partition coefficient (Wildman–Crippen LogP) is 3.86. The van der Waals surface area contributed by atoms with Crippen molar-refractivity contribution in [2.45, 2.75) is 53.9 Å². The van der Waals surface area contributed by atoms with Gasteiger partial charge in [0.25, 0.3) is 0 Å². The molecule has 0 spiro atoms. The van der Waals surface area contributed by atoms with Crippen LogP contribution >= 0.6 is 0 Å². The lowest BCUT2D eigenvalue weighted by Crippen LogP contribution is -2.20. The molecule has 0 saturated heterocycles. The molecule has 70 valence electrons. The molecular weight excluding hydrogens is 144 g/mol. The van der Waals surface area contributed by atoms with Gasteiger partial charge in [0.1, 0.15) is 0 Å². The Bertz CT molecular complexity index is 162. The molecule has 0 bridgehead atoms. The van der Waals surface area contributed by atoms with Crippen LogP contribution < -0.4 is 0 Å². The van der Waals surface area contributed by atoms with Crippen LogP contribution in [0.3, 0.4) is 0 Å². The summed E-state index contributed by atoms with van der Waals surface area (Å²) in [6.07, 6.45) is 3.45. The van der Waals surface area contributed by atoms with E-state index in [-0.39, 0.29) is 5.41 Å². The van der Waals surface area contributed by atoms with Crippen LogP contribution in [0.5, 0.6) is 0 Å². The van der Waals surface area contributed by atoms with Gasteiger partial charge in [0.05, 0.1) is 0 Å². The first kappa shape index (κ1) is 11.6. The summed E-state index contributed by atoms with van der Waals surface area (Å²) in [4.78, 5) is 0. The molecule has 0 fully saturated rings. The van der Waals surface area contributed by atoms with Gasteiger partial charge in [-0.2, -0.15) is 0 Å². The van der Waals surface area contributed by atoms with E-state index in [4.69, 9.17) is 0 Å². The number of rotatable bonds is 3. The van der Waals surface area contributed by atoms with E-state index in [0.717, 1.165) is 12.3 Å². The van der Waals surface area contributed by atoms with Gasteiger partial charge in [-0.15, -0.1) is 5.92 Å². The summed E-state index contributed by atoms with van der Waals surface area (Å²) in [5.74, 6) is 7.30. The zero-order chi connectivity index (χ0) is 9.61. The Hall–Kier alpha value is -0.440. The van der Waals surface area contributed by atoms with Crippen molar-refractivity contribution in [3.8, 4) is 11.8 Å². The minimum atomic E-state index is 0.208. The topological polar surface area (TPSA) is 0 Å². The van der Waals surface area contributed by atoms with Crippen molar-refractivity contribution < 1.29 is 0 Å². The third-order valence-electron chi connectivity index (χ3n) is 2.59. The van der Waals surface area contributed by atoms with Gasteiger partial charge < -0.3 is 0 Å². The third kappa shape index (κ3) is 3.30. The Morgan fingerprint density at radius 3 is 1.92 bits per heavy atom. The Morgan fingerprint density at radius 1 is 1.08 bits per heavy atom. The lowest BCUT2D eigenvalue weighted by atomic mass is 9.76. The molecular formula is C12H22. The van der Waals surface area contributed by atoms with Gasteiger partial charge in [0, 0.05) is 11.8 Å². The highest BCUT2D eigenvalue weighted by atomic mass is 14.3. The second-order valence-electron chi connectivity index (χ2n) is 3.89. The molecule has 0 saturated carbocycles. The summed E-state index contributed by atoms with van der Waals surface area (Å²) in [6, 6.07) is 0. The molecule has 0 aromatic heterocycles. The van der Waals surface area contributed by atoms with Gasteiger partial charge >= 0.3 is 0 Å². The first-order valence-electron chi connectivity index (χ1n) is 5.08. The van der Waals surface area contributed by atoms with Crippen LogP contribution in [-0.2, 0) is 0 Å². The first-order valence-corrected chi connectivity index (χ1v) is 5.08. The van der Waals surface area contributed by atoms with E-state index in [2.05, 4.69) is 46.5 Å². The molecule has 0 nitrogen and oxygen atoms in total. The SMILES string of the molecule is CCC#CC(C)(C)C(CC)CC. The van der Waals surface area contributed by atoms with Gasteiger partial charge in [0.15, 0.2) is 0 Å². The van der Waals surface area contributed by atoms with Gasteiger partial charge in [-0.05, 0) is 19.8 Å². The minimum absolute atomic E-state index is 0.208. The van der Waals surface area contributed by atoms with Gasteiger partial charge in [-0.1, -0.05) is 39.5 Å². The summed E-state index contributed by atoms with van der Waals surface area (Å²) in [7, 11) is 0. The molecule has 0 N–H and O–H groups in total. The van der Waals surface area contributed by atoms with Crippen LogP contribution in [0.25, 0.3) is 0 Å². The summed E-state index contributed by atoms with van der Waals surface area (Å²) in [5.41, 5.74) is 0.208. The molecule has 0 aromatic rings. The molecule has 12 heavy (non-hydrogen) atoms. The van der Waals surface area contributed by atoms with Crippen molar-refractivity contribution in [3.63, 3.8) is 0 Å². The maximum Gasteiger partial charge on any atom is 0.0286 e. The van der Waals surface area contributed by atoms with Crippen LogP contribution in [0.1, 0.15) is 53.9 Å². The van der Waals surface area contributed by atoms with Gasteiger partial charge in [-0.25, -0.2) is 0 Å². The zero-order valence-corrected chi connectivity index (χ0v) is 9.20. The molecule has 0 aliphatic carbocycles. The zero-order valence-electron chi connectivity index (χ0n) is 9.20. The molecule has 0 atom stereocenters. The van der Waals surface area contributed by atoms with Crippen LogP contribution in [0, 0.1) is 23.2 Å². The second-order valence-corrected chi connectivity index (χ2v) is 3.89. The molecule has 0 aliphatic heterocycles. The van der Waals surface area contributed by atoms with Crippen molar-refractivity contribution >= 4 is 0 Å². The Kier molecular flexibility index (Phi) is 5.06. The Morgan fingerprint density at radius 2 is 1.58 bits per heavy atom. The highest BCUT2D eigenvalue weighted by molar-refractivity contribution is 5.10. The standard InChI is InChI=1S/C12H22/c1-6-9-10-12(4,5)11(7-2)8-3/h11H,6-8H2,1-5H3. The van der Waals surface area contributed by atoms with Crippen LogP contribution in [0.2, 0.25) is 0 Å². The summed E-state index contributed by atoms with van der Waals surface area (Å²) >= 11 is 0. The van der Waals surface area contributed by atoms with Crippen LogP contribution in [0.4, 0.5) is 0 Å². The molecule has 0 amide bonds. The van der Waals surface area contributed by atoms with E-state index in [1.165, 1.54) is 12.8 Å². The summed E-state index contributed by atoms with van der Waals surface area (Å²) < 4.78 is 0. The van der Waals surface area contributed by atoms with Crippen molar-refractivity contribution in [3.05, 3.63) is 0 Å². The van der Waals surface area contributed by atoms with Crippen molar-refractivity contribution in [2.75, 3.05) is 0 Å². The van der Waals surface area contributed by atoms with E-state index in [9.17, 15) is 0 Å². The number of hydrogen-bond donors (Lipinski definition) is 0. The van der Waals surface area contributed by atoms with Crippen LogP contribution in [-0.4, -0.2) is 0 Å². The fourth-order valence-corrected chi connectivity index (χ4v) is 1.73. The van der Waals surface area contributed by atoms with Gasteiger partial charge in [0.2, 0.25) is 0 Å². The second kappa shape index (κ2) is 5.25. The molecule has 0 unspecified atom stereocenters. The number of hydrogen-bond acceptors (Lipinski definition) is 0. The fraction of sp³-hybridized carbons (Fsp3) is 0.833. The van der Waals surface area contributed by atoms with Crippen molar-refractivity contribution in [2.24, 2.45) is 11.3 Å². The lowest BCUT2D eigenvalue weighted by Gasteiger charge is -2.27. The summed E-state index contributed by atoms with van der Waals surface area (Å²) in [6.45, 7) is 11.1. The smallest absolute Gasteiger partial charge is 0.0286 e. The van der Waals surface area contributed by atoms with Gasteiger partial charge in [-0.3, -0.25) is 0 Å². The Labute approximate surface area is 77.8 Å². The monoisotopic (exact) mass is 166 g/mol. The first-order chi connectivity index (χ1) is 5.58. The molecule has 0 rings (SSSR count). The average molecular weight is 166 g/mol. The summed E-state index contributed by atoms with van der Waals surface area (Å²) in [5, 5.41) is 0. The molecule has 0 aromatic carbocycles. The molecule has 0 heterocycles. The van der Waals surface area contributed by atoms with Crippen LogP contribution in [0.15, 0.2) is 0 Å². The third-order valence-corrected chi connectivity index (χ3v) is 2.59. The van der Waals surface area contributed by atoms with E-state index in [1.54, 1.807) is 0 Å². The quantitative estimate of drug-likeness (QED) is 0.558. The fourth-order valence-electron chi connectivity index (χ4n) is 1.73. The minimum Gasteiger partial charge on any atom is -0.103 e. The highest BCUT2D eigenvalue weighted by Gasteiger charge is 2.23. The highest BCUT2D eigenvalue weighted by Crippen LogP contribution is 2.30. The molecule has 0 heteroatoms. The maximum atomic E-state index is 3.36. The van der Waals surface area contributed by atoms with E-state index < -0.39 is 0 Å². The van der Waals surface area contributed by atoms with Crippen molar-refractivity contribution in [1.29, 1.82) is 0 Å². The van der Waals surface area contributed by atoms with Crippen molar-refractivity contribution in [1.82, 2.24) is 0 Å². The largest absolute Gasteiger partial charge is 0.103 e. The molecule has 0 aliphatic rings. The Balaban J connectivity index is 4.34. The average Bonchev–Trinajstić information content (AvgIpc) is 2.03. The van der Waals surface area contributed by atoms with E-state index in [0.29, 0.717) is 0 Å². The van der Waals surface area contributed by atoms with E-state index in [1.807, 2.05) is 0 Å². The predicted molar refractivity (Wildman–Crippen MR) is 55.9 cm³/mol. The normalized spacial score (nSPS) is 11.2. The van der Waals surface area contributed by atoms with E-state index >= 15 is 0 Å². The lowest BCUT2D eigenvalue weighted by molar-refractivity contribution is 0.279. The molecule has 0 radical (unpaired) electrons. The maximum absolute atomic E-state index is 3.36.